The number of fused-ring (bicyclic) bond motifs is 1. The summed E-state index contributed by atoms with van der Waals surface area (Å²) in [5, 5.41) is 18.2. The van der Waals surface area contributed by atoms with Crippen LogP contribution in [0.5, 0.6) is 0 Å². The van der Waals surface area contributed by atoms with Gasteiger partial charge in [0.25, 0.3) is 0 Å². The van der Waals surface area contributed by atoms with Crippen molar-refractivity contribution in [3.63, 3.8) is 0 Å². The van der Waals surface area contributed by atoms with Gasteiger partial charge in [-0.25, -0.2) is 4.79 Å². The van der Waals surface area contributed by atoms with E-state index >= 15 is 0 Å². The molecule has 3 aliphatic rings. The molecule has 1 saturated carbocycles. The normalized spacial score (nSPS) is 29.7. The lowest BCUT2D eigenvalue weighted by Gasteiger charge is -2.47. The molecule has 0 aromatic heterocycles. The van der Waals surface area contributed by atoms with Gasteiger partial charge in [-0.05, 0) is 63.9 Å². The minimum atomic E-state index is -0.843. The van der Waals surface area contributed by atoms with Gasteiger partial charge < -0.3 is 20.5 Å². The van der Waals surface area contributed by atoms with Gasteiger partial charge in [-0.15, -0.1) is 0 Å². The second-order valence-electron chi connectivity index (χ2n) is 12.7. The molecule has 2 saturated heterocycles. The zero-order chi connectivity index (χ0) is 27.3. The molecule has 1 aromatic rings. The number of carbonyl (C=O) groups excluding carboxylic acids is 2. The number of alkyl carbamates (subject to hydrolysis) is 1. The van der Waals surface area contributed by atoms with Crippen LogP contribution >= 0.6 is 11.8 Å². The van der Waals surface area contributed by atoms with Crippen LogP contribution in [-0.2, 0) is 16.0 Å². The maximum absolute atomic E-state index is 13.4. The predicted octanol–water partition coefficient (Wildman–Crippen LogP) is 4.37. The molecule has 2 aliphatic heterocycles. The summed E-state index contributed by atoms with van der Waals surface area (Å²) in [5.41, 5.74) is 0.719. The van der Waals surface area contributed by atoms with Gasteiger partial charge in [0.05, 0.1) is 18.2 Å². The van der Waals surface area contributed by atoms with Crippen LogP contribution in [0.1, 0.15) is 71.8 Å². The van der Waals surface area contributed by atoms with Crippen LogP contribution in [0, 0.1) is 11.8 Å². The maximum Gasteiger partial charge on any atom is 0.407 e. The number of nitrogens with zero attached hydrogens (tertiary/aromatic N) is 1. The molecule has 7 nitrogen and oxygen atoms in total. The van der Waals surface area contributed by atoms with Gasteiger partial charge in [-0.1, -0.05) is 56.5 Å². The molecule has 1 aliphatic carbocycles. The zero-order valence-corrected chi connectivity index (χ0v) is 24.3. The van der Waals surface area contributed by atoms with E-state index in [0.717, 1.165) is 30.7 Å². The number of β-amino-alcohol motifs (C(OH)–C–C–N with tert-alkyl or cyclic N) is 1. The Bertz CT molecular complexity index is 924. The number of thioether (sulfide) groups is 1. The molecular formula is C30H47N3O4S. The third-order valence-corrected chi connectivity index (χ3v) is 9.55. The van der Waals surface area contributed by atoms with E-state index in [9.17, 15) is 14.7 Å². The molecule has 8 heteroatoms. The molecule has 3 fully saturated rings. The van der Waals surface area contributed by atoms with Crippen molar-refractivity contribution >= 4 is 23.8 Å². The van der Waals surface area contributed by atoms with Crippen molar-refractivity contribution in [2.75, 3.05) is 18.8 Å². The molecule has 2 amide bonds. The van der Waals surface area contributed by atoms with E-state index in [2.05, 4.69) is 22.5 Å². The average Bonchev–Trinajstić information content (AvgIpc) is 3.26. The highest BCUT2D eigenvalue weighted by molar-refractivity contribution is 8.00. The third-order valence-electron chi connectivity index (χ3n) is 8.23. The summed E-state index contributed by atoms with van der Waals surface area (Å²) in [5.74, 6) is 1.96. The van der Waals surface area contributed by atoms with Gasteiger partial charge in [0.2, 0.25) is 5.91 Å². The monoisotopic (exact) mass is 545 g/mol. The Morgan fingerprint density at radius 3 is 2.50 bits per heavy atom. The number of piperidine rings is 1. The fraction of sp³-hybridized carbons (Fsp3) is 0.733. The number of rotatable bonds is 8. The van der Waals surface area contributed by atoms with E-state index in [1.54, 1.807) is 0 Å². The van der Waals surface area contributed by atoms with Crippen molar-refractivity contribution in [1.82, 2.24) is 15.5 Å². The molecule has 0 radical (unpaired) electrons. The Morgan fingerprint density at radius 1 is 1.13 bits per heavy atom. The summed E-state index contributed by atoms with van der Waals surface area (Å²) in [6.07, 6.45) is 5.59. The molecule has 3 N–H and O–H groups in total. The van der Waals surface area contributed by atoms with E-state index in [0.29, 0.717) is 30.1 Å². The van der Waals surface area contributed by atoms with Gasteiger partial charge in [0.1, 0.15) is 6.10 Å². The lowest BCUT2D eigenvalue weighted by Crippen LogP contribution is -2.60. The van der Waals surface area contributed by atoms with E-state index < -0.39 is 18.2 Å². The molecule has 212 valence electrons. The van der Waals surface area contributed by atoms with Crippen LogP contribution in [0.25, 0.3) is 0 Å². The van der Waals surface area contributed by atoms with Gasteiger partial charge >= 0.3 is 6.09 Å². The fourth-order valence-electron chi connectivity index (χ4n) is 6.34. The van der Waals surface area contributed by atoms with Crippen LogP contribution < -0.4 is 10.6 Å². The second-order valence-corrected chi connectivity index (χ2v) is 14.1. The summed E-state index contributed by atoms with van der Waals surface area (Å²) in [4.78, 5) is 28.5. The number of aliphatic hydroxyl groups is 1. The van der Waals surface area contributed by atoms with Gasteiger partial charge in [-0.3, -0.25) is 9.69 Å². The molecule has 4 rings (SSSR count). The van der Waals surface area contributed by atoms with Crippen molar-refractivity contribution in [2.45, 2.75) is 108 Å². The van der Waals surface area contributed by atoms with Crippen LogP contribution in [0.2, 0.25) is 0 Å². The molecule has 7 atom stereocenters. The van der Waals surface area contributed by atoms with Crippen LogP contribution in [0.15, 0.2) is 30.3 Å². The lowest BCUT2D eigenvalue weighted by atomic mass is 9.72. The first-order valence-corrected chi connectivity index (χ1v) is 15.5. The standard InChI is InChI=1S/C30H47N3O4S/c1-20-14-24(19-38-20)37-29(36)31-25(15-21-10-6-5-7-11-21)27(34)18-33-17-23-13-9-8-12-22(23)16-26(33)28(35)32-30(2,3)4/h5-7,10-11,20,22-27,34H,8-9,12-19H2,1-4H3,(H,31,36)(H,32,35)/t20-,22+,23-,24+,25+,26+,27-/m1/s1. The summed E-state index contributed by atoms with van der Waals surface area (Å²) in [6.45, 7) is 9.31. The second kappa shape index (κ2) is 13.1. The Hall–Kier alpha value is -1.77. The third kappa shape index (κ3) is 8.36. The highest BCUT2D eigenvalue weighted by Crippen LogP contribution is 2.39. The van der Waals surface area contributed by atoms with Crippen LogP contribution in [-0.4, -0.2) is 75.9 Å². The molecule has 38 heavy (non-hydrogen) atoms. The number of hydrogen-bond donors (Lipinski definition) is 3. The van der Waals surface area contributed by atoms with Crippen molar-refractivity contribution in [1.29, 1.82) is 0 Å². The number of aliphatic hydroxyl groups excluding tert-OH is 1. The topological polar surface area (TPSA) is 90.9 Å². The Balaban J connectivity index is 1.47. The molecule has 0 spiro atoms. The lowest BCUT2D eigenvalue weighted by molar-refractivity contribution is -0.132. The number of benzene rings is 1. The quantitative estimate of drug-likeness (QED) is 0.449. The molecule has 0 bridgehead atoms. The van der Waals surface area contributed by atoms with Crippen molar-refractivity contribution < 1.29 is 19.4 Å². The minimum Gasteiger partial charge on any atom is -0.445 e. The van der Waals surface area contributed by atoms with E-state index in [-0.39, 0.29) is 23.6 Å². The number of nitrogens with one attached hydrogen (secondary N) is 2. The number of hydrogen-bond acceptors (Lipinski definition) is 6. The first-order chi connectivity index (χ1) is 18.1. The van der Waals surface area contributed by atoms with Gasteiger partial charge in [0.15, 0.2) is 0 Å². The molecule has 1 aromatic carbocycles. The van der Waals surface area contributed by atoms with Gasteiger partial charge in [-0.2, -0.15) is 11.8 Å². The molecule has 0 unspecified atom stereocenters. The van der Waals surface area contributed by atoms with Gasteiger partial charge in [0, 0.05) is 29.6 Å². The van der Waals surface area contributed by atoms with E-state index in [1.165, 1.54) is 25.7 Å². The van der Waals surface area contributed by atoms with E-state index in [4.69, 9.17) is 4.74 Å². The Labute approximate surface area is 232 Å². The highest BCUT2D eigenvalue weighted by atomic mass is 32.2. The highest BCUT2D eigenvalue weighted by Gasteiger charge is 2.42. The zero-order valence-electron chi connectivity index (χ0n) is 23.5. The van der Waals surface area contributed by atoms with Crippen molar-refractivity contribution in [3.05, 3.63) is 35.9 Å². The summed E-state index contributed by atoms with van der Waals surface area (Å²) < 4.78 is 5.72. The summed E-state index contributed by atoms with van der Waals surface area (Å²) in [6, 6.07) is 9.12. The molecular weight excluding hydrogens is 498 g/mol. The van der Waals surface area contributed by atoms with E-state index in [1.807, 2.05) is 62.9 Å². The largest absolute Gasteiger partial charge is 0.445 e. The van der Waals surface area contributed by atoms with Crippen molar-refractivity contribution in [3.8, 4) is 0 Å². The molecule has 2 heterocycles. The summed E-state index contributed by atoms with van der Waals surface area (Å²) >= 11 is 1.82. The first kappa shape index (κ1) is 29.2. The maximum atomic E-state index is 13.4. The number of ether oxygens (including phenoxy) is 1. The van der Waals surface area contributed by atoms with Crippen molar-refractivity contribution in [2.24, 2.45) is 11.8 Å². The predicted molar refractivity (Wildman–Crippen MR) is 153 cm³/mol. The number of likely N-dealkylation sites (tertiary alicyclic amines) is 1. The Morgan fingerprint density at radius 2 is 1.84 bits per heavy atom. The van der Waals surface area contributed by atoms with Crippen LogP contribution in [0.3, 0.4) is 0 Å². The number of carbonyl (C=O) groups is 2. The van der Waals surface area contributed by atoms with Crippen LogP contribution in [0.4, 0.5) is 4.79 Å². The minimum absolute atomic E-state index is 0.0357. The summed E-state index contributed by atoms with van der Waals surface area (Å²) in [7, 11) is 0. The average molecular weight is 546 g/mol. The fourth-order valence-corrected chi connectivity index (χ4v) is 7.44. The first-order valence-electron chi connectivity index (χ1n) is 14.4. The number of amides is 2. The SMILES string of the molecule is C[C@@H]1C[C@H](OC(=O)N[C@@H](Cc2ccccc2)[C@H](O)CN2C[C@H]3CCCC[C@H]3C[C@H]2C(=O)NC(C)(C)C)CS1. The smallest absolute Gasteiger partial charge is 0.407 e. The Kier molecular flexibility index (Phi) is 10.0.